The second-order valence-electron chi connectivity index (χ2n) is 5.34. The summed E-state index contributed by atoms with van der Waals surface area (Å²) in [7, 11) is 3.14. The lowest BCUT2D eigenvalue weighted by Gasteiger charge is -2.17. The highest BCUT2D eigenvalue weighted by molar-refractivity contribution is 9.10. The van der Waals surface area contributed by atoms with Gasteiger partial charge in [0.2, 0.25) is 5.91 Å². The van der Waals surface area contributed by atoms with Crippen LogP contribution < -0.4 is 14.8 Å². The average Bonchev–Trinajstić information content (AvgIpc) is 2.61. The van der Waals surface area contributed by atoms with Crippen molar-refractivity contribution in [3.8, 4) is 11.5 Å². The third kappa shape index (κ3) is 5.06. The third-order valence-corrected chi connectivity index (χ3v) is 4.13. The van der Waals surface area contributed by atoms with Gasteiger partial charge >= 0.3 is 0 Å². The fraction of sp³-hybridized carbons (Fsp3) is 0.211. The van der Waals surface area contributed by atoms with Crippen LogP contribution in [0.3, 0.4) is 0 Å². The molecule has 0 aliphatic rings. The number of nitrogens with one attached hydrogen (secondary N) is 1. The van der Waals surface area contributed by atoms with Crippen molar-refractivity contribution >= 4 is 27.9 Å². The van der Waals surface area contributed by atoms with Crippen LogP contribution in [0.15, 0.2) is 46.9 Å². The number of rotatable bonds is 6. The van der Waals surface area contributed by atoms with Gasteiger partial charge in [-0.15, -0.1) is 0 Å². The minimum absolute atomic E-state index is 0.311. The molecule has 0 unspecified atom stereocenters. The van der Waals surface area contributed by atoms with Crippen molar-refractivity contribution in [2.45, 2.75) is 13.0 Å². The van der Waals surface area contributed by atoms with E-state index in [1.165, 1.54) is 18.2 Å². The van der Waals surface area contributed by atoms with E-state index in [-0.39, 0.29) is 11.9 Å². The molecule has 2 aromatic carbocycles. The predicted octanol–water partition coefficient (Wildman–Crippen LogP) is 4.50. The first-order valence-corrected chi connectivity index (χ1v) is 8.39. The van der Waals surface area contributed by atoms with Gasteiger partial charge in [0.1, 0.15) is 17.3 Å². The number of carbonyl (C=O) groups excluding carboxylic acids is 1. The molecule has 1 atom stereocenters. The van der Waals surface area contributed by atoms with Crippen LogP contribution in [0.1, 0.15) is 24.1 Å². The molecule has 0 aromatic heterocycles. The second-order valence-corrected chi connectivity index (χ2v) is 6.25. The van der Waals surface area contributed by atoms with Gasteiger partial charge in [-0.3, -0.25) is 4.79 Å². The summed E-state index contributed by atoms with van der Waals surface area (Å²) in [6, 6.07) is 9.61. The van der Waals surface area contributed by atoms with Crippen LogP contribution in [0, 0.1) is 5.82 Å². The van der Waals surface area contributed by atoms with E-state index in [1.54, 1.807) is 38.5 Å². The molecular formula is C19H19BrFNO3. The minimum atomic E-state index is -0.394. The number of hydrogen-bond donors (Lipinski definition) is 1. The van der Waals surface area contributed by atoms with Crippen LogP contribution in [0.4, 0.5) is 4.39 Å². The van der Waals surface area contributed by atoms with Gasteiger partial charge in [-0.2, -0.15) is 0 Å². The van der Waals surface area contributed by atoms with Crippen molar-refractivity contribution in [2.24, 2.45) is 0 Å². The Labute approximate surface area is 154 Å². The minimum Gasteiger partial charge on any atom is -0.497 e. The number of methoxy groups -OCH3 is 2. The van der Waals surface area contributed by atoms with Gasteiger partial charge in [0.05, 0.1) is 20.3 Å². The van der Waals surface area contributed by atoms with E-state index in [0.717, 1.165) is 10.0 Å². The Kier molecular flexibility index (Phi) is 6.58. The molecule has 0 aliphatic carbocycles. The smallest absolute Gasteiger partial charge is 0.244 e. The van der Waals surface area contributed by atoms with Crippen LogP contribution >= 0.6 is 15.9 Å². The van der Waals surface area contributed by atoms with Crippen molar-refractivity contribution in [1.29, 1.82) is 0 Å². The molecule has 0 fully saturated rings. The van der Waals surface area contributed by atoms with Gasteiger partial charge in [-0.25, -0.2) is 4.39 Å². The highest BCUT2D eigenvalue weighted by Gasteiger charge is 2.14. The molecule has 0 saturated heterocycles. The molecule has 2 aromatic rings. The van der Waals surface area contributed by atoms with Gasteiger partial charge in [0.25, 0.3) is 0 Å². The zero-order valence-corrected chi connectivity index (χ0v) is 15.8. The van der Waals surface area contributed by atoms with Gasteiger partial charge in [-0.05, 0) is 49.4 Å². The van der Waals surface area contributed by atoms with Gasteiger partial charge < -0.3 is 14.8 Å². The van der Waals surface area contributed by atoms with Crippen LogP contribution in [0.25, 0.3) is 6.08 Å². The van der Waals surface area contributed by atoms with Crippen molar-refractivity contribution in [1.82, 2.24) is 5.32 Å². The quantitative estimate of drug-likeness (QED) is 0.717. The van der Waals surface area contributed by atoms with E-state index in [2.05, 4.69) is 21.2 Å². The SMILES string of the molecule is COc1ccc(OC)c([C@@H](C)NC(=O)/C=C/c2cc(Br)ccc2F)c1. The van der Waals surface area contributed by atoms with Crippen molar-refractivity contribution in [3.05, 3.63) is 63.9 Å². The highest BCUT2D eigenvalue weighted by Crippen LogP contribution is 2.29. The summed E-state index contributed by atoms with van der Waals surface area (Å²) < 4.78 is 25.0. The first-order valence-electron chi connectivity index (χ1n) is 7.60. The molecular weight excluding hydrogens is 389 g/mol. The maximum Gasteiger partial charge on any atom is 0.244 e. The summed E-state index contributed by atoms with van der Waals surface area (Å²) in [5.74, 6) is 0.589. The molecule has 2 rings (SSSR count). The van der Waals surface area contributed by atoms with Crippen LogP contribution in [-0.4, -0.2) is 20.1 Å². The number of ether oxygens (including phenoxy) is 2. The van der Waals surface area contributed by atoms with E-state index in [4.69, 9.17) is 9.47 Å². The Hall–Kier alpha value is -2.34. The normalized spacial score (nSPS) is 12.0. The number of carbonyl (C=O) groups is 1. The summed E-state index contributed by atoms with van der Waals surface area (Å²) >= 11 is 3.28. The lowest BCUT2D eigenvalue weighted by molar-refractivity contribution is -0.117. The summed E-state index contributed by atoms with van der Waals surface area (Å²) in [6.07, 6.45) is 2.74. The Balaban J connectivity index is 2.12. The summed E-state index contributed by atoms with van der Waals surface area (Å²) in [5.41, 5.74) is 1.12. The highest BCUT2D eigenvalue weighted by atomic mass is 79.9. The molecule has 0 radical (unpaired) electrons. The van der Waals surface area contributed by atoms with Crippen LogP contribution in [0.5, 0.6) is 11.5 Å². The third-order valence-electron chi connectivity index (χ3n) is 3.63. The molecule has 6 heteroatoms. The number of hydrogen-bond acceptors (Lipinski definition) is 3. The number of benzene rings is 2. The summed E-state index contributed by atoms with van der Waals surface area (Å²) in [6.45, 7) is 1.84. The molecule has 1 amide bonds. The summed E-state index contributed by atoms with van der Waals surface area (Å²) in [4.78, 5) is 12.1. The molecule has 0 bridgehead atoms. The monoisotopic (exact) mass is 407 g/mol. The van der Waals surface area contributed by atoms with Crippen molar-refractivity contribution < 1.29 is 18.7 Å². The lowest BCUT2D eigenvalue weighted by Crippen LogP contribution is -2.25. The molecule has 25 heavy (non-hydrogen) atoms. The lowest BCUT2D eigenvalue weighted by atomic mass is 10.1. The Morgan fingerprint density at radius 2 is 1.96 bits per heavy atom. The van der Waals surface area contributed by atoms with E-state index >= 15 is 0 Å². The Bertz CT molecular complexity index is 792. The molecule has 0 aliphatic heterocycles. The Morgan fingerprint density at radius 1 is 1.20 bits per heavy atom. The maximum absolute atomic E-state index is 13.7. The maximum atomic E-state index is 13.7. The molecule has 0 saturated carbocycles. The van der Waals surface area contributed by atoms with Gasteiger partial charge in [0.15, 0.2) is 0 Å². The average molecular weight is 408 g/mol. The van der Waals surface area contributed by atoms with Crippen LogP contribution in [0.2, 0.25) is 0 Å². The number of halogens is 2. The van der Waals surface area contributed by atoms with E-state index < -0.39 is 5.82 Å². The molecule has 1 N–H and O–H groups in total. The first kappa shape index (κ1) is 19.0. The Morgan fingerprint density at radius 3 is 2.64 bits per heavy atom. The molecule has 0 spiro atoms. The summed E-state index contributed by atoms with van der Waals surface area (Å²) in [5, 5.41) is 2.83. The van der Waals surface area contributed by atoms with E-state index in [9.17, 15) is 9.18 Å². The van der Waals surface area contributed by atoms with Crippen LogP contribution in [-0.2, 0) is 4.79 Å². The standard InChI is InChI=1S/C19H19BrFNO3/c1-12(16-11-15(24-2)6-8-18(16)25-3)22-19(23)9-4-13-10-14(20)5-7-17(13)21/h4-12H,1-3H3,(H,22,23)/b9-4+/t12-/m1/s1. The van der Waals surface area contributed by atoms with Crippen molar-refractivity contribution in [3.63, 3.8) is 0 Å². The predicted molar refractivity (Wildman–Crippen MR) is 99.2 cm³/mol. The zero-order chi connectivity index (χ0) is 18.4. The zero-order valence-electron chi connectivity index (χ0n) is 14.2. The first-order chi connectivity index (χ1) is 11.9. The van der Waals surface area contributed by atoms with Crippen molar-refractivity contribution in [2.75, 3.05) is 14.2 Å². The fourth-order valence-corrected chi connectivity index (χ4v) is 2.70. The fourth-order valence-electron chi connectivity index (χ4n) is 2.32. The van der Waals surface area contributed by atoms with Gasteiger partial charge in [0, 0.05) is 21.7 Å². The van der Waals surface area contributed by atoms with E-state index in [1.807, 2.05) is 13.0 Å². The molecule has 132 valence electrons. The van der Waals surface area contributed by atoms with Gasteiger partial charge in [-0.1, -0.05) is 15.9 Å². The largest absolute Gasteiger partial charge is 0.497 e. The second kappa shape index (κ2) is 8.67. The molecule has 0 heterocycles. The topological polar surface area (TPSA) is 47.6 Å². The van der Waals surface area contributed by atoms with E-state index in [0.29, 0.717) is 17.1 Å². The molecule has 4 nitrogen and oxygen atoms in total. The number of amides is 1.